The van der Waals surface area contributed by atoms with Crippen molar-refractivity contribution in [2.45, 2.75) is 0 Å². The summed E-state index contributed by atoms with van der Waals surface area (Å²) in [5.41, 5.74) is 0.611. The van der Waals surface area contributed by atoms with Crippen LogP contribution in [0.15, 0.2) is 22.7 Å². The summed E-state index contributed by atoms with van der Waals surface area (Å²) in [7, 11) is 3.31. The molecular weight excluding hydrogens is 293 g/mol. The summed E-state index contributed by atoms with van der Waals surface area (Å²) in [6, 6.07) is 5.23. The van der Waals surface area contributed by atoms with Gasteiger partial charge in [-0.2, -0.15) is 0 Å². The third kappa shape index (κ3) is 3.12. The number of hydrogen-bond acceptors (Lipinski definition) is 2. The number of rotatable bonds is 4. The van der Waals surface area contributed by atoms with Crippen LogP contribution in [0.2, 0.25) is 0 Å². The molecule has 88 valence electrons. The number of benzene rings is 1. The predicted octanol–water partition coefficient (Wildman–Crippen LogP) is 2.77. The largest absolute Gasteiger partial charge is 0.496 e. The van der Waals surface area contributed by atoms with E-state index in [1.54, 1.807) is 37.3 Å². The van der Waals surface area contributed by atoms with Gasteiger partial charge in [0.25, 0.3) is 5.91 Å². The molecule has 0 atom stereocenters. The number of nitrogens with zero attached hydrogens (tertiary/aromatic N) is 1. The van der Waals surface area contributed by atoms with Gasteiger partial charge in [-0.05, 0) is 34.1 Å². The minimum absolute atomic E-state index is 0.0518. The van der Waals surface area contributed by atoms with Gasteiger partial charge >= 0.3 is 0 Å². The van der Waals surface area contributed by atoms with Crippen molar-refractivity contribution in [3.63, 3.8) is 0 Å². The quantitative estimate of drug-likeness (QED) is 0.801. The van der Waals surface area contributed by atoms with E-state index in [0.717, 1.165) is 4.47 Å². The van der Waals surface area contributed by atoms with Crippen molar-refractivity contribution >= 4 is 33.4 Å². The fourth-order valence-corrected chi connectivity index (χ4v) is 2.04. The molecule has 0 fully saturated rings. The first kappa shape index (κ1) is 13.3. The minimum Gasteiger partial charge on any atom is -0.496 e. The molecule has 0 radical (unpaired) electrons. The smallest absolute Gasteiger partial charge is 0.253 e. The van der Waals surface area contributed by atoms with Crippen LogP contribution in [0.25, 0.3) is 0 Å². The van der Waals surface area contributed by atoms with Gasteiger partial charge in [-0.1, -0.05) is 0 Å². The Labute approximate surface area is 108 Å². The Balaban J connectivity index is 2.88. The lowest BCUT2D eigenvalue weighted by Crippen LogP contribution is -2.28. The predicted molar refractivity (Wildman–Crippen MR) is 68.4 cm³/mol. The van der Waals surface area contributed by atoms with Crippen LogP contribution in [0, 0.1) is 0 Å². The highest BCUT2D eigenvalue weighted by molar-refractivity contribution is 9.10. The SMILES string of the molecule is COc1ccc(C(=O)N(C)CCCl)cc1Br. The molecule has 0 aromatic heterocycles. The molecule has 0 aliphatic carbocycles. The lowest BCUT2D eigenvalue weighted by Gasteiger charge is -2.16. The second-order valence-corrected chi connectivity index (χ2v) is 4.50. The van der Waals surface area contributed by atoms with Crippen molar-refractivity contribution in [3.8, 4) is 5.75 Å². The van der Waals surface area contributed by atoms with E-state index in [9.17, 15) is 4.79 Å². The number of alkyl halides is 1. The Morgan fingerprint density at radius 1 is 1.56 bits per heavy atom. The molecule has 1 aromatic carbocycles. The monoisotopic (exact) mass is 305 g/mol. The second kappa shape index (κ2) is 6.11. The Hall–Kier alpha value is -0.740. The number of carbonyl (C=O) groups excluding carboxylic acids is 1. The number of ether oxygens (including phenoxy) is 1. The minimum atomic E-state index is -0.0518. The molecule has 0 aliphatic rings. The first-order valence-electron chi connectivity index (χ1n) is 4.75. The third-order valence-corrected chi connectivity index (χ3v) is 2.95. The fraction of sp³-hybridized carbons (Fsp3) is 0.364. The first-order valence-corrected chi connectivity index (χ1v) is 6.08. The van der Waals surface area contributed by atoms with Crippen LogP contribution in [0.4, 0.5) is 0 Å². The standard InChI is InChI=1S/C11H13BrClNO2/c1-14(6-5-13)11(15)8-3-4-10(16-2)9(12)7-8/h3-4,7H,5-6H2,1-2H3. The Morgan fingerprint density at radius 2 is 2.25 bits per heavy atom. The molecular formula is C11H13BrClNO2. The molecule has 5 heteroatoms. The van der Waals surface area contributed by atoms with Crippen LogP contribution in [0.3, 0.4) is 0 Å². The lowest BCUT2D eigenvalue weighted by molar-refractivity contribution is 0.0803. The molecule has 1 amide bonds. The Kier molecular flexibility index (Phi) is 5.09. The maximum atomic E-state index is 11.9. The number of methoxy groups -OCH3 is 1. The molecule has 16 heavy (non-hydrogen) atoms. The first-order chi connectivity index (χ1) is 7.60. The van der Waals surface area contributed by atoms with E-state index in [1.807, 2.05) is 0 Å². The van der Waals surface area contributed by atoms with Crippen LogP contribution in [0.5, 0.6) is 5.75 Å². The van der Waals surface area contributed by atoms with Gasteiger partial charge in [0.15, 0.2) is 0 Å². The molecule has 0 aliphatic heterocycles. The van der Waals surface area contributed by atoms with Crippen LogP contribution >= 0.6 is 27.5 Å². The number of hydrogen-bond donors (Lipinski definition) is 0. The van der Waals surface area contributed by atoms with E-state index in [4.69, 9.17) is 16.3 Å². The van der Waals surface area contributed by atoms with E-state index in [0.29, 0.717) is 23.7 Å². The fourth-order valence-electron chi connectivity index (χ4n) is 1.25. The number of carbonyl (C=O) groups is 1. The molecule has 3 nitrogen and oxygen atoms in total. The van der Waals surface area contributed by atoms with Crippen LogP contribution in [-0.2, 0) is 0 Å². The van der Waals surface area contributed by atoms with Gasteiger partial charge in [0.05, 0.1) is 11.6 Å². The van der Waals surface area contributed by atoms with Crippen molar-refractivity contribution in [3.05, 3.63) is 28.2 Å². The number of amides is 1. The van der Waals surface area contributed by atoms with E-state index in [1.165, 1.54) is 0 Å². The molecule has 0 N–H and O–H groups in total. The molecule has 1 aromatic rings. The van der Waals surface area contributed by atoms with Gasteiger partial charge in [0.2, 0.25) is 0 Å². The summed E-state index contributed by atoms with van der Waals surface area (Å²) < 4.78 is 5.86. The van der Waals surface area contributed by atoms with E-state index in [-0.39, 0.29) is 5.91 Å². The van der Waals surface area contributed by atoms with Gasteiger partial charge in [-0.3, -0.25) is 4.79 Å². The molecule has 0 spiro atoms. The Morgan fingerprint density at radius 3 is 2.75 bits per heavy atom. The van der Waals surface area contributed by atoms with Crippen molar-refractivity contribution in [1.82, 2.24) is 4.90 Å². The van der Waals surface area contributed by atoms with E-state index in [2.05, 4.69) is 15.9 Å². The molecule has 0 heterocycles. The maximum Gasteiger partial charge on any atom is 0.253 e. The highest BCUT2D eigenvalue weighted by atomic mass is 79.9. The van der Waals surface area contributed by atoms with Crippen LogP contribution in [-0.4, -0.2) is 37.4 Å². The third-order valence-electron chi connectivity index (χ3n) is 2.17. The van der Waals surface area contributed by atoms with Gasteiger partial charge < -0.3 is 9.64 Å². The van der Waals surface area contributed by atoms with E-state index < -0.39 is 0 Å². The molecule has 0 saturated carbocycles. The zero-order valence-electron chi connectivity index (χ0n) is 9.17. The Bertz CT molecular complexity index is 384. The summed E-state index contributed by atoms with van der Waals surface area (Å²) in [5.74, 6) is 1.08. The normalized spacial score (nSPS) is 10.0. The van der Waals surface area contributed by atoms with Gasteiger partial charge in [-0.15, -0.1) is 11.6 Å². The summed E-state index contributed by atoms with van der Waals surface area (Å²) in [6.45, 7) is 0.532. The zero-order chi connectivity index (χ0) is 12.1. The van der Waals surface area contributed by atoms with Crippen LogP contribution in [0.1, 0.15) is 10.4 Å². The second-order valence-electron chi connectivity index (χ2n) is 3.27. The average Bonchev–Trinajstić information content (AvgIpc) is 2.28. The van der Waals surface area contributed by atoms with Crippen molar-refractivity contribution in [2.75, 3.05) is 26.6 Å². The number of halogens is 2. The van der Waals surface area contributed by atoms with Gasteiger partial charge in [0.1, 0.15) is 5.75 Å². The highest BCUT2D eigenvalue weighted by Gasteiger charge is 2.12. The van der Waals surface area contributed by atoms with Crippen molar-refractivity contribution in [1.29, 1.82) is 0 Å². The van der Waals surface area contributed by atoms with Crippen molar-refractivity contribution in [2.24, 2.45) is 0 Å². The summed E-state index contributed by atoms with van der Waals surface area (Å²) >= 11 is 8.93. The average molecular weight is 307 g/mol. The van der Waals surface area contributed by atoms with Crippen molar-refractivity contribution < 1.29 is 9.53 Å². The molecule has 0 bridgehead atoms. The topological polar surface area (TPSA) is 29.5 Å². The summed E-state index contributed by atoms with van der Waals surface area (Å²) in [4.78, 5) is 13.5. The summed E-state index contributed by atoms with van der Waals surface area (Å²) in [6.07, 6.45) is 0. The van der Waals surface area contributed by atoms with Gasteiger partial charge in [-0.25, -0.2) is 0 Å². The molecule has 0 unspecified atom stereocenters. The zero-order valence-corrected chi connectivity index (χ0v) is 11.5. The van der Waals surface area contributed by atoms with E-state index >= 15 is 0 Å². The molecule has 1 rings (SSSR count). The lowest BCUT2D eigenvalue weighted by atomic mass is 10.2. The maximum absolute atomic E-state index is 11.9. The van der Waals surface area contributed by atoms with Crippen LogP contribution < -0.4 is 4.74 Å². The van der Waals surface area contributed by atoms with Gasteiger partial charge in [0, 0.05) is 25.0 Å². The molecule has 0 saturated heterocycles. The summed E-state index contributed by atoms with van der Waals surface area (Å²) in [5, 5.41) is 0. The highest BCUT2D eigenvalue weighted by Crippen LogP contribution is 2.25.